The van der Waals surface area contributed by atoms with E-state index in [4.69, 9.17) is 39.1 Å². The van der Waals surface area contributed by atoms with Crippen molar-refractivity contribution in [3.63, 3.8) is 0 Å². The first-order chi connectivity index (χ1) is 54.1. The van der Waals surface area contributed by atoms with E-state index in [1.165, 1.54) is 0 Å². The summed E-state index contributed by atoms with van der Waals surface area (Å²) >= 11 is 0. The number of carbonyl (C=O) groups excluding carboxylic acids is 3. The zero-order valence-corrected chi connectivity index (χ0v) is 70.3. The van der Waals surface area contributed by atoms with Gasteiger partial charge in [0.2, 0.25) is 11.6 Å². The molecule has 20 nitrogen and oxygen atoms in total. The van der Waals surface area contributed by atoms with Crippen molar-refractivity contribution in [2.45, 2.75) is 358 Å². The largest absolute Gasteiger partial charge is 0.481 e. The number of unbranched alkanes of at least 4 members (excludes halogenated alkanes) is 10. The number of hydrogen-bond acceptors (Lipinski definition) is 16. The standard InChI is InChI=1S/C29H48O5Si.2C20H32F2O5.C20H28O5/c1-21(2)35(22(3)4,23(5)6)34-20-26-25(16-12-7-8-13-17-29(31)32)27(30)18-28(26)33-19-24-14-10-9-11-15-24;1-2-3-11-19(21,22)20(26)12-10-15-14(16(23)13-17(15)27-20)8-6-4-5-7-9-18(24)25;1-2-3-12-20(21,22)18(25)11-10-15-14(16(23)13-17(15)24)8-6-4-5-7-9-19(26)27;21-13-17-16(10-6-1-2-7-11-20(23)24)18(22)12-19(17)25-14-15-8-4-3-5-9-15/h7,9-12,14-15,21-23,25-28,30H,8,13,16-20H2,1-6H3,(H,31,32);14-15,17,26H,2-13H2,1H3,(H,24,25);14-15,17,24H,2-13H2,1H3,(H,26,27);1,3-6,8-9,16-19,21-22H,2,7,10-14H2,(H,23,24)/b12-7-;;;6-1-/t25-,26-,27+,28-;14-,15-,17-,20-;14-,15-,17-;16-,17-,18+,19-/m1111/s1. The molecule has 0 aromatic heterocycles. The van der Waals surface area contributed by atoms with Gasteiger partial charge in [-0.25, -0.2) is 8.78 Å². The lowest BCUT2D eigenvalue weighted by Gasteiger charge is -2.43. The number of carbonyl (C=O) groups is 7. The van der Waals surface area contributed by atoms with E-state index < -0.39 is 105 Å². The number of ketones is 3. The van der Waals surface area contributed by atoms with Crippen molar-refractivity contribution in [1.29, 1.82) is 0 Å². The number of ether oxygens (including phenoxy) is 3. The van der Waals surface area contributed by atoms with E-state index in [1.54, 1.807) is 6.92 Å². The number of aliphatic carboxylic acids is 4. The Hall–Kier alpha value is -5.61. The summed E-state index contributed by atoms with van der Waals surface area (Å²) in [5.74, 6) is -14.4. The van der Waals surface area contributed by atoms with Crippen LogP contribution in [0.2, 0.25) is 16.6 Å². The Morgan fingerprint density at radius 1 is 0.535 bits per heavy atom. The lowest BCUT2D eigenvalue weighted by molar-refractivity contribution is -0.356. The van der Waals surface area contributed by atoms with Crippen LogP contribution in [-0.4, -0.2) is 163 Å². The molecule has 15 atom stereocenters. The number of carboxylic acids is 4. The Bertz CT molecular complexity index is 3150. The molecular weight excluding hydrogens is 1490 g/mol. The van der Waals surface area contributed by atoms with Gasteiger partial charge in [-0.05, 0) is 141 Å². The van der Waals surface area contributed by atoms with Crippen LogP contribution in [0, 0.1) is 47.3 Å². The molecule has 1 saturated heterocycles. The van der Waals surface area contributed by atoms with Crippen LogP contribution in [0.3, 0.4) is 0 Å². The van der Waals surface area contributed by atoms with Crippen LogP contribution in [0.4, 0.5) is 17.6 Å². The van der Waals surface area contributed by atoms with Crippen LogP contribution in [0.15, 0.2) is 85.0 Å². The molecule has 1 aliphatic heterocycles. The van der Waals surface area contributed by atoms with E-state index in [1.807, 2.05) is 67.6 Å². The van der Waals surface area contributed by atoms with Crippen molar-refractivity contribution >= 4 is 49.5 Å². The van der Waals surface area contributed by atoms with Crippen LogP contribution in [0.5, 0.6) is 0 Å². The van der Waals surface area contributed by atoms with Crippen molar-refractivity contribution < 1.29 is 116 Å². The Labute approximate surface area is 676 Å². The van der Waals surface area contributed by atoms with E-state index in [-0.39, 0.29) is 130 Å². The third-order valence-corrected chi connectivity index (χ3v) is 30.3. The number of carboxylic acid groups (broad SMARTS) is 4. The second kappa shape index (κ2) is 52.3. The molecule has 5 aliphatic rings. The molecule has 2 aromatic carbocycles. The topological polar surface area (TPSA) is 338 Å². The van der Waals surface area contributed by atoms with Crippen molar-refractivity contribution in [2.75, 3.05) is 13.2 Å². The van der Waals surface area contributed by atoms with Gasteiger partial charge in [0, 0.05) is 114 Å². The molecule has 5 fully saturated rings. The summed E-state index contributed by atoms with van der Waals surface area (Å²) in [4.78, 5) is 78.5. The van der Waals surface area contributed by atoms with Gasteiger partial charge in [-0.15, -0.1) is 0 Å². The van der Waals surface area contributed by atoms with Gasteiger partial charge in [0.05, 0.1) is 49.8 Å². The highest BCUT2D eigenvalue weighted by Crippen LogP contribution is 2.51. The normalized spacial score (nSPS) is 25.7. The fourth-order valence-electron chi connectivity index (χ4n) is 17.8. The zero-order valence-electron chi connectivity index (χ0n) is 69.3. The summed E-state index contributed by atoms with van der Waals surface area (Å²) in [5.41, 5.74) is 3.73. The Morgan fingerprint density at radius 3 is 1.44 bits per heavy atom. The van der Waals surface area contributed by atoms with Crippen molar-refractivity contribution in [1.82, 2.24) is 0 Å². The highest BCUT2D eigenvalue weighted by molar-refractivity contribution is 6.77. The quantitative estimate of drug-likeness (QED) is 0.0129. The van der Waals surface area contributed by atoms with Crippen LogP contribution in [0.1, 0.15) is 285 Å². The third kappa shape index (κ3) is 33.6. The molecule has 4 aliphatic carbocycles. The molecule has 2 aromatic rings. The molecule has 9 N–H and O–H groups in total. The molecule has 7 rings (SSSR count). The van der Waals surface area contributed by atoms with Crippen molar-refractivity contribution in [2.24, 2.45) is 47.3 Å². The van der Waals surface area contributed by atoms with Gasteiger partial charge >= 0.3 is 35.7 Å². The predicted octanol–water partition coefficient (Wildman–Crippen LogP) is 18.2. The summed E-state index contributed by atoms with van der Waals surface area (Å²) in [6.07, 6.45) is 19.7. The van der Waals surface area contributed by atoms with Gasteiger partial charge in [-0.1, -0.05) is 192 Å². The maximum Gasteiger partial charge on any atom is 0.305 e. The van der Waals surface area contributed by atoms with Gasteiger partial charge in [0.15, 0.2) is 8.32 Å². The number of aliphatic hydroxyl groups is 5. The van der Waals surface area contributed by atoms with Crippen molar-refractivity contribution in [3.8, 4) is 0 Å². The molecule has 0 spiro atoms. The van der Waals surface area contributed by atoms with Crippen LogP contribution < -0.4 is 0 Å². The fraction of sp³-hybridized carbons (Fsp3) is 0.742. The smallest absolute Gasteiger partial charge is 0.305 e. The molecule has 0 unspecified atom stereocenters. The summed E-state index contributed by atoms with van der Waals surface area (Å²) in [6.45, 7) is 19.0. The van der Waals surface area contributed by atoms with E-state index in [0.29, 0.717) is 126 Å². The lowest BCUT2D eigenvalue weighted by atomic mass is 9.81. The second-order valence-electron chi connectivity index (χ2n) is 33.4. The van der Waals surface area contributed by atoms with Gasteiger partial charge in [-0.2, -0.15) is 8.78 Å². The number of Topliss-reactive ketones (excluding diaryl/α,β-unsaturated/α-hetero) is 3. The first-order valence-corrected chi connectivity index (χ1v) is 44.7. The summed E-state index contributed by atoms with van der Waals surface area (Å²) in [5, 5.41) is 86.3. The molecule has 0 amide bonds. The second-order valence-corrected chi connectivity index (χ2v) is 38.9. The molecular formula is C89H140F4O20Si. The number of alkyl halides is 4. The molecule has 114 heavy (non-hydrogen) atoms. The molecule has 1 heterocycles. The summed E-state index contributed by atoms with van der Waals surface area (Å²) < 4.78 is 81.2. The Kier molecular flexibility index (Phi) is 46.3. The lowest BCUT2D eigenvalue weighted by Crippen LogP contribution is -2.55. The number of allylic oxidation sites excluding steroid dienone is 4. The number of halogens is 4. The van der Waals surface area contributed by atoms with E-state index in [2.05, 4.69) is 65.8 Å². The van der Waals surface area contributed by atoms with Crippen LogP contribution in [0.25, 0.3) is 0 Å². The zero-order chi connectivity index (χ0) is 84.6. The van der Waals surface area contributed by atoms with Crippen molar-refractivity contribution in [3.05, 3.63) is 96.1 Å². The minimum Gasteiger partial charge on any atom is -0.481 e. The van der Waals surface area contributed by atoms with Crippen LogP contribution in [-0.2, 0) is 65.4 Å². The summed E-state index contributed by atoms with van der Waals surface area (Å²) in [7, 11) is -2.03. The number of rotatable bonds is 50. The maximum atomic E-state index is 14.4. The highest BCUT2D eigenvalue weighted by Gasteiger charge is 2.60. The van der Waals surface area contributed by atoms with Gasteiger partial charge in [0.1, 0.15) is 11.6 Å². The van der Waals surface area contributed by atoms with Gasteiger partial charge in [0.25, 0.3) is 0 Å². The predicted molar refractivity (Wildman–Crippen MR) is 432 cm³/mol. The molecule has 648 valence electrons. The molecule has 25 heteroatoms. The number of aliphatic hydroxyl groups excluding tert-OH is 4. The average Bonchev–Trinajstić information content (AvgIpc) is 1.55. The SMILES string of the molecule is CC(C)[Si](OC[C@@H]1[C@@H](C/C=C\CCCC(=O)O)[C@@H](O)C[C@H]1OCc1ccccc1)(C(C)C)C(C)C.CCCCC(F)(F)C(=O)CC[C@H]1[C@H](O)CC(=O)[C@@H]1CCCCCCC(=O)O.CCCCC(F)(F)[C@@]1(O)CC[C@H]2[C@@H](CC(=O)[C@@H]2CCCCCCC(=O)O)O1.O=C(O)CCC/C=C\C[C@@H]1[C@@H](CO)[C@H](OCc2ccccc2)C[C@@H]1O. The first-order valence-electron chi connectivity index (χ1n) is 42.6. The Morgan fingerprint density at radius 2 is 0.974 bits per heavy atom. The maximum absolute atomic E-state index is 14.4. The first kappa shape index (κ1) is 101. The van der Waals surface area contributed by atoms with E-state index in [0.717, 1.165) is 62.5 Å². The van der Waals surface area contributed by atoms with E-state index >= 15 is 0 Å². The minimum atomic E-state index is -3.33. The van der Waals surface area contributed by atoms with E-state index in [9.17, 15) is 76.7 Å². The summed E-state index contributed by atoms with van der Waals surface area (Å²) in [6, 6.07) is 20.1. The number of hydrogen-bond donors (Lipinski definition) is 9. The van der Waals surface area contributed by atoms with Crippen LogP contribution >= 0.6 is 0 Å². The number of benzene rings is 2. The van der Waals surface area contributed by atoms with Gasteiger partial charge < -0.3 is 64.6 Å². The third-order valence-electron chi connectivity index (χ3n) is 24.2. The van der Waals surface area contributed by atoms with Gasteiger partial charge in [-0.3, -0.25) is 33.6 Å². The average molecular weight is 1630 g/mol. The molecule has 0 bridgehead atoms. The molecule has 4 saturated carbocycles. The monoisotopic (exact) mass is 1630 g/mol. The highest BCUT2D eigenvalue weighted by atomic mass is 28.4. The molecule has 0 radical (unpaired) electrons. The minimum absolute atomic E-state index is 0.00592. The number of fused-ring (bicyclic) bond motifs is 1. The fourth-order valence-corrected chi connectivity index (χ4v) is 23.3. The Balaban J connectivity index is 0.000000323.